The highest BCUT2D eigenvalue weighted by Gasteiger charge is 2.68. The summed E-state index contributed by atoms with van der Waals surface area (Å²) in [7, 11) is -0.677. The molecule has 24 heteroatoms. The molecule has 10 atom stereocenters. The number of carboxylic acid groups (broad SMARTS) is 1. The molecule has 1 heterocycles. The molecule has 4 fully saturated rings. The summed E-state index contributed by atoms with van der Waals surface area (Å²) >= 11 is 0. The number of amides is 7. The molecule has 0 aromatic heterocycles. The Balaban J connectivity index is 1.36. The van der Waals surface area contributed by atoms with E-state index in [0.29, 0.717) is 37.5 Å². The van der Waals surface area contributed by atoms with E-state index >= 15 is 0 Å². The lowest BCUT2D eigenvalue weighted by Crippen LogP contribution is -2.65. The van der Waals surface area contributed by atoms with Gasteiger partial charge in [-0.05, 0) is 165 Å². The third-order valence-electron chi connectivity index (χ3n) is 16.8. The Morgan fingerprint density at radius 1 is 0.663 bits per heavy atom. The third kappa shape index (κ3) is 22.1. The Labute approximate surface area is 525 Å². The number of aliphatic carboxylic acids is 1. The zero-order valence-electron chi connectivity index (χ0n) is 54.5. The highest BCUT2D eigenvalue weighted by atomic mass is 16.7. The maximum atomic E-state index is 14.5. The molecule has 1 saturated heterocycles. The molecular formula is C65H98BN7O16. The molecule has 492 valence electrons. The van der Waals surface area contributed by atoms with Crippen LogP contribution < -0.4 is 37.2 Å². The van der Waals surface area contributed by atoms with Crippen molar-refractivity contribution < 1.29 is 76.6 Å². The highest BCUT2D eigenvalue weighted by Crippen LogP contribution is 2.66. The number of aryl methyl sites for hydroxylation is 1. The van der Waals surface area contributed by atoms with Gasteiger partial charge in [0.15, 0.2) is 5.78 Å². The molecule has 2 aromatic carbocycles. The number of carbonyl (C=O) groups excluding carboxylic acids is 9. The van der Waals surface area contributed by atoms with Crippen LogP contribution in [0.5, 0.6) is 0 Å². The van der Waals surface area contributed by atoms with Crippen LogP contribution in [-0.2, 0) is 63.5 Å². The first-order valence-corrected chi connectivity index (χ1v) is 31.6. The fourth-order valence-electron chi connectivity index (χ4n) is 11.5. The first-order valence-electron chi connectivity index (χ1n) is 31.6. The normalized spacial score (nSPS) is 20.2. The number of rotatable bonds is 33. The molecule has 23 nitrogen and oxygen atoms in total. The summed E-state index contributed by atoms with van der Waals surface area (Å²) in [6.45, 7) is 23.6. The molecule has 2 bridgehead atoms. The Bertz CT molecular complexity index is 2790. The molecule has 1 unspecified atom stereocenters. The van der Waals surface area contributed by atoms with Crippen LogP contribution in [0.25, 0.3) is 11.1 Å². The zero-order chi connectivity index (χ0) is 66.0. The van der Waals surface area contributed by atoms with Crippen molar-refractivity contribution in [2.45, 2.75) is 239 Å². The predicted molar refractivity (Wildman–Crippen MR) is 334 cm³/mol. The minimum Gasteiger partial charge on any atom is -0.480 e. The number of nitrogens with one attached hydrogen (secondary N) is 7. The minimum absolute atomic E-state index is 0.0365. The van der Waals surface area contributed by atoms with Crippen LogP contribution in [0.2, 0.25) is 5.82 Å². The average molecular weight is 1240 g/mol. The Morgan fingerprint density at radius 2 is 1.26 bits per heavy atom. The monoisotopic (exact) mass is 1240 g/mol. The number of esters is 1. The summed E-state index contributed by atoms with van der Waals surface area (Å²) in [5, 5.41) is 27.9. The van der Waals surface area contributed by atoms with Crippen LogP contribution in [0.3, 0.4) is 0 Å². The standard InChI is InChI=1S/C65H98BN7O16/c1-14-16-20-41-22-24-42(25-23-41)43-26-28-44(29-27-43)56(78)73-49(38-68-61(84)87-63(8,9)10)58(80)72-47(30-31-53(75)70-48(59(81)82)37-54(76)85-33-17-15-2)57(79)69-40(4)55(77)71-46(21-18-19-32-67-60(83)86-62(5,6)7)50(74)34-39(3)66-88-52-36-45-35-51(64(45,11)12)65(52,13)89-66/h22-29,39-40,45-49,51-52H,14-21,30-38H2,1-13H3,(H,67,83)(H,68,84)(H,69,79)(H,70,75)(H,71,77)(H,72,80)(H,73,78)(H,81,82)/t39-,40+,45+,46+,47+,48-,49+,51+,52?,65+/m1/s1. The first-order chi connectivity index (χ1) is 41.7. The average Bonchev–Trinajstić information content (AvgIpc) is 1.81. The quantitative estimate of drug-likeness (QED) is 0.0147. The number of hydrogen-bond acceptors (Lipinski definition) is 15. The van der Waals surface area contributed by atoms with Crippen molar-refractivity contribution in [3.05, 3.63) is 59.7 Å². The van der Waals surface area contributed by atoms with E-state index in [9.17, 15) is 53.1 Å². The molecule has 89 heavy (non-hydrogen) atoms. The van der Waals surface area contributed by atoms with Crippen LogP contribution in [-0.4, -0.2) is 144 Å². The molecule has 2 aromatic rings. The number of ketones is 1. The topological polar surface area (TPSA) is 321 Å². The van der Waals surface area contributed by atoms with Gasteiger partial charge in [0.2, 0.25) is 23.6 Å². The minimum atomic E-state index is -1.71. The summed E-state index contributed by atoms with van der Waals surface area (Å²) in [6, 6.07) is 7.27. The summed E-state index contributed by atoms with van der Waals surface area (Å²) in [6.07, 6.45) is 3.61. The van der Waals surface area contributed by atoms with Gasteiger partial charge in [-0.15, -0.1) is 0 Å². The molecule has 0 radical (unpaired) electrons. The number of hydrogen-bond donors (Lipinski definition) is 8. The number of benzene rings is 2. The van der Waals surface area contributed by atoms with Crippen LogP contribution in [0, 0.1) is 17.3 Å². The lowest BCUT2D eigenvalue weighted by Gasteiger charge is -2.64. The van der Waals surface area contributed by atoms with Gasteiger partial charge in [-0.3, -0.25) is 33.6 Å². The molecule has 4 aliphatic rings. The van der Waals surface area contributed by atoms with Crippen molar-refractivity contribution >= 4 is 66.6 Å². The van der Waals surface area contributed by atoms with Crippen LogP contribution in [0.1, 0.15) is 189 Å². The second-order valence-corrected chi connectivity index (χ2v) is 26.8. The fourth-order valence-corrected chi connectivity index (χ4v) is 11.5. The van der Waals surface area contributed by atoms with Crippen molar-refractivity contribution in [1.29, 1.82) is 0 Å². The maximum absolute atomic E-state index is 14.5. The first kappa shape index (κ1) is 72.7. The smallest absolute Gasteiger partial charge is 0.461 e. The van der Waals surface area contributed by atoms with E-state index in [2.05, 4.69) is 77.0 Å². The third-order valence-corrected chi connectivity index (χ3v) is 16.8. The van der Waals surface area contributed by atoms with Crippen molar-refractivity contribution in [1.82, 2.24) is 37.2 Å². The lowest BCUT2D eigenvalue weighted by atomic mass is 9.43. The Hall–Kier alpha value is -7.08. The highest BCUT2D eigenvalue weighted by molar-refractivity contribution is 6.47. The summed E-state index contributed by atoms with van der Waals surface area (Å²) in [5.74, 6) is -6.81. The van der Waals surface area contributed by atoms with E-state index < -0.39 is 139 Å². The zero-order valence-corrected chi connectivity index (χ0v) is 54.5. The van der Waals surface area contributed by atoms with Crippen molar-refractivity contribution in [2.24, 2.45) is 17.3 Å². The molecule has 6 rings (SSSR count). The summed E-state index contributed by atoms with van der Waals surface area (Å²) in [5.41, 5.74) is 0.991. The SMILES string of the molecule is CCCCOC(=O)C[C@@H](NC(=O)CC[C@H](NC(=O)[C@H](CNC(=O)OC(C)(C)C)NC(=O)c1ccc(-c2ccc(CCCC)cc2)cc1)C(=O)N[C@@H](C)C(=O)N[C@@H](CCCCNC(=O)OC(C)(C)C)C(=O)C[C@@H](C)B1OC2C[C@@H]3C[C@@H](C3(C)C)[C@]2(C)O1)C(=O)O. The largest absolute Gasteiger partial charge is 0.480 e. The van der Waals surface area contributed by atoms with E-state index in [1.165, 1.54) is 12.5 Å². The van der Waals surface area contributed by atoms with Gasteiger partial charge in [0.25, 0.3) is 5.91 Å². The predicted octanol–water partition coefficient (Wildman–Crippen LogP) is 7.65. The molecule has 0 spiro atoms. The van der Waals surface area contributed by atoms with Crippen molar-refractivity contribution in [3.63, 3.8) is 0 Å². The van der Waals surface area contributed by atoms with Gasteiger partial charge in [0.1, 0.15) is 35.4 Å². The van der Waals surface area contributed by atoms with Gasteiger partial charge < -0.3 is 65.8 Å². The molecule has 3 saturated carbocycles. The van der Waals surface area contributed by atoms with Gasteiger partial charge in [-0.25, -0.2) is 14.4 Å². The molecular weight excluding hydrogens is 1150 g/mol. The van der Waals surface area contributed by atoms with E-state index in [1.807, 2.05) is 26.0 Å². The summed E-state index contributed by atoms with van der Waals surface area (Å²) < 4.78 is 29.0. The second kappa shape index (κ2) is 32.6. The number of Topliss-reactive ketones (excluding diaryl/α,β-unsaturated/α-hetero) is 1. The van der Waals surface area contributed by atoms with E-state index in [1.54, 1.807) is 65.8 Å². The molecule has 8 N–H and O–H groups in total. The van der Waals surface area contributed by atoms with E-state index in [4.69, 9.17) is 23.5 Å². The van der Waals surface area contributed by atoms with E-state index in [-0.39, 0.29) is 48.9 Å². The number of alkyl carbamates (subject to hydrolysis) is 2. The van der Waals surface area contributed by atoms with Crippen LogP contribution in [0.4, 0.5) is 9.59 Å². The van der Waals surface area contributed by atoms with Gasteiger partial charge in [0, 0.05) is 24.9 Å². The second-order valence-electron chi connectivity index (χ2n) is 26.8. The summed E-state index contributed by atoms with van der Waals surface area (Å²) in [4.78, 5) is 135. The van der Waals surface area contributed by atoms with E-state index in [0.717, 1.165) is 43.2 Å². The molecule has 1 aliphatic heterocycles. The van der Waals surface area contributed by atoms with Crippen molar-refractivity contribution in [3.8, 4) is 11.1 Å². The van der Waals surface area contributed by atoms with Gasteiger partial charge in [0.05, 0.1) is 37.3 Å². The number of carboxylic acids is 1. The van der Waals surface area contributed by atoms with Crippen molar-refractivity contribution in [2.75, 3.05) is 19.7 Å². The van der Waals surface area contributed by atoms with Gasteiger partial charge in [-0.2, -0.15) is 0 Å². The molecule has 7 amide bonds. The Kier molecular flexibility index (Phi) is 26.6. The van der Waals surface area contributed by atoms with Crippen LogP contribution >= 0.6 is 0 Å². The van der Waals surface area contributed by atoms with Gasteiger partial charge >= 0.3 is 31.2 Å². The number of unbranched alkanes of at least 4 members (excludes halogenated alkanes) is 3. The maximum Gasteiger partial charge on any atom is 0.461 e. The number of ether oxygens (including phenoxy) is 3. The van der Waals surface area contributed by atoms with Crippen LogP contribution in [0.15, 0.2) is 48.5 Å². The van der Waals surface area contributed by atoms with Gasteiger partial charge in [-0.1, -0.05) is 83.9 Å². The number of carbonyl (C=O) groups is 10. The molecule has 3 aliphatic carbocycles. The lowest BCUT2D eigenvalue weighted by molar-refractivity contribution is -0.199. The Morgan fingerprint density at radius 3 is 1.85 bits per heavy atom. The fraction of sp³-hybridized carbons (Fsp3) is 0.662.